The largest absolute Gasteiger partial charge is 0.495 e. The molecule has 4 rings (SSSR count). The number of aryl methyl sites for hydroxylation is 2. The Morgan fingerprint density at radius 2 is 2.06 bits per heavy atom. The van der Waals surface area contributed by atoms with Gasteiger partial charge in [-0.05, 0) is 56.7 Å². The first-order valence-corrected chi connectivity index (χ1v) is 10.7. The van der Waals surface area contributed by atoms with Crippen LogP contribution in [0.25, 0.3) is 11.3 Å². The molecule has 2 heterocycles. The molecule has 0 aliphatic carbocycles. The molecule has 2 aromatic carbocycles. The Bertz CT molecular complexity index is 1160. The van der Waals surface area contributed by atoms with E-state index in [2.05, 4.69) is 10.3 Å². The number of hydrogen-bond acceptors (Lipinski definition) is 6. The molecule has 160 valence electrons. The van der Waals surface area contributed by atoms with Gasteiger partial charge < -0.3 is 14.8 Å². The molecule has 1 atom stereocenters. The van der Waals surface area contributed by atoms with Crippen LogP contribution in [0.5, 0.6) is 11.5 Å². The van der Waals surface area contributed by atoms with Gasteiger partial charge in [-0.3, -0.25) is 14.5 Å². The van der Waals surface area contributed by atoms with Crippen molar-refractivity contribution in [3.05, 3.63) is 52.3 Å². The number of carbonyl (C=O) groups excluding carboxylic acids is 2. The van der Waals surface area contributed by atoms with Crippen molar-refractivity contribution < 1.29 is 19.1 Å². The Balaban J connectivity index is 1.63. The highest BCUT2D eigenvalue weighted by Crippen LogP contribution is 2.38. The SMILES string of the molecule is COc1ccc(C)cc1NC(=O)CN1C(=O)C(C)Oc2ccc(-c3csc(C)n3)cc21. The smallest absolute Gasteiger partial charge is 0.268 e. The van der Waals surface area contributed by atoms with Crippen LogP contribution in [0, 0.1) is 13.8 Å². The van der Waals surface area contributed by atoms with Crippen molar-refractivity contribution in [3.63, 3.8) is 0 Å². The summed E-state index contributed by atoms with van der Waals surface area (Å²) in [5.74, 6) is 0.517. The predicted molar refractivity (Wildman–Crippen MR) is 121 cm³/mol. The lowest BCUT2D eigenvalue weighted by Crippen LogP contribution is -2.47. The second-order valence-corrected chi connectivity index (χ2v) is 8.43. The zero-order valence-electron chi connectivity index (χ0n) is 17.8. The second kappa shape index (κ2) is 8.39. The maximum Gasteiger partial charge on any atom is 0.268 e. The maximum absolute atomic E-state index is 12.9. The Morgan fingerprint density at radius 3 is 2.77 bits per heavy atom. The van der Waals surface area contributed by atoms with Gasteiger partial charge >= 0.3 is 0 Å². The number of rotatable bonds is 5. The number of fused-ring (bicyclic) bond motifs is 1. The third-order valence-electron chi connectivity index (χ3n) is 5.01. The molecule has 0 fully saturated rings. The monoisotopic (exact) mass is 437 g/mol. The highest BCUT2D eigenvalue weighted by molar-refractivity contribution is 7.09. The van der Waals surface area contributed by atoms with Crippen LogP contribution in [-0.4, -0.2) is 36.6 Å². The van der Waals surface area contributed by atoms with E-state index in [0.29, 0.717) is 22.9 Å². The molecule has 1 N–H and O–H groups in total. The van der Waals surface area contributed by atoms with Crippen LogP contribution in [0.3, 0.4) is 0 Å². The zero-order valence-corrected chi connectivity index (χ0v) is 18.6. The van der Waals surface area contributed by atoms with Gasteiger partial charge in [-0.25, -0.2) is 4.98 Å². The van der Waals surface area contributed by atoms with Gasteiger partial charge in [0.05, 0.1) is 29.2 Å². The van der Waals surface area contributed by atoms with Crippen LogP contribution >= 0.6 is 11.3 Å². The first-order valence-electron chi connectivity index (χ1n) is 9.85. The molecule has 0 radical (unpaired) electrons. The molecule has 0 saturated carbocycles. The Morgan fingerprint density at radius 1 is 1.26 bits per heavy atom. The molecule has 1 aromatic heterocycles. The van der Waals surface area contributed by atoms with E-state index in [1.807, 2.05) is 49.6 Å². The van der Waals surface area contributed by atoms with E-state index in [1.54, 1.807) is 31.4 Å². The maximum atomic E-state index is 12.9. The summed E-state index contributed by atoms with van der Waals surface area (Å²) in [5, 5.41) is 5.78. The van der Waals surface area contributed by atoms with Crippen molar-refractivity contribution in [2.24, 2.45) is 0 Å². The minimum absolute atomic E-state index is 0.143. The third kappa shape index (κ3) is 4.25. The van der Waals surface area contributed by atoms with E-state index in [4.69, 9.17) is 9.47 Å². The summed E-state index contributed by atoms with van der Waals surface area (Å²) in [7, 11) is 1.55. The van der Waals surface area contributed by atoms with Crippen LogP contribution in [0.15, 0.2) is 41.8 Å². The number of hydrogen-bond donors (Lipinski definition) is 1. The van der Waals surface area contributed by atoms with E-state index in [9.17, 15) is 9.59 Å². The lowest BCUT2D eigenvalue weighted by molar-refractivity contribution is -0.127. The molecule has 1 aliphatic heterocycles. The van der Waals surface area contributed by atoms with Gasteiger partial charge in [-0.15, -0.1) is 11.3 Å². The molecule has 3 aromatic rings. The fraction of sp³-hybridized carbons (Fsp3) is 0.261. The molecule has 1 aliphatic rings. The molecule has 0 bridgehead atoms. The van der Waals surface area contributed by atoms with Crippen molar-refractivity contribution in [1.29, 1.82) is 0 Å². The van der Waals surface area contributed by atoms with Crippen molar-refractivity contribution in [1.82, 2.24) is 4.98 Å². The molecule has 7 nitrogen and oxygen atoms in total. The summed E-state index contributed by atoms with van der Waals surface area (Å²) in [6, 6.07) is 11.1. The van der Waals surface area contributed by atoms with Gasteiger partial charge in [-0.1, -0.05) is 6.07 Å². The van der Waals surface area contributed by atoms with Gasteiger partial charge in [0.2, 0.25) is 5.91 Å². The summed E-state index contributed by atoms with van der Waals surface area (Å²) in [5.41, 5.74) is 3.79. The quantitative estimate of drug-likeness (QED) is 0.647. The number of aromatic nitrogens is 1. The summed E-state index contributed by atoms with van der Waals surface area (Å²) in [4.78, 5) is 31.7. The van der Waals surface area contributed by atoms with Gasteiger partial charge in [0.25, 0.3) is 5.91 Å². The number of nitrogens with one attached hydrogen (secondary N) is 1. The lowest BCUT2D eigenvalue weighted by Gasteiger charge is -2.33. The van der Waals surface area contributed by atoms with Crippen LogP contribution in [-0.2, 0) is 9.59 Å². The van der Waals surface area contributed by atoms with E-state index in [1.165, 1.54) is 4.90 Å². The third-order valence-corrected chi connectivity index (χ3v) is 5.79. The fourth-order valence-corrected chi connectivity index (χ4v) is 4.10. The molecule has 1 unspecified atom stereocenters. The van der Waals surface area contributed by atoms with Crippen molar-refractivity contribution >= 4 is 34.5 Å². The number of nitrogens with zero attached hydrogens (tertiary/aromatic N) is 2. The van der Waals surface area contributed by atoms with Gasteiger partial charge in [0.15, 0.2) is 6.10 Å². The van der Waals surface area contributed by atoms with Crippen LogP contribution in [0.1, 0.15) is 17.5 Å². The Kier molecular flexibility index (Phi) is 5.65. The average Bonchev–Trinajstić information content (AvgIpc) is 3.17. The van der Waals surface area contributed by atoms with E-state index >= 15 is 0 Å². The number of ether oxygens (including phenoxy) is 2. The van der Waals surface area contributed by atoms with Crippen molar-refractivity contribution in [2.45, 2.75) is 26.9 Å². The van der Waals surface area contributed by atoms with Gasteiger partial charge in [-0.2, -0.15) is 0 Å². The van der Waals surface area contributed by atoms with Crippen LogP contribution < -0.4 is 19.7 Å². The first-order chi connectivity index (χ1) is 14.9. The molecule has 0 saturated heterocycles. The molecular weight excluding hydrogens is 414 g/mol. The summed E-state index contributed by atoms with van der Waals surface area (Å²) in [6.07, 6.45) is -0.679. The fourth-order valence-electron chi connectivity index (χ4n) is 3.48. The molecule has 31 heavy (non-hydrogen) atoms. The van der Waals surface area contributed by atoms with Crippen LogP contribution in [0.2, 0.25) is 0 Å². The van der Waals surface area contributed by atoms with Gasteiger partial charge in [0, 0.05) is 10.9 Å². The second-order valence-electron chi connectivity index (χ2n) is 7.37. The standard InChI is InChI=1S/C23H23N3O4S/c1-13-5-7-20(29-4)17(9-13)25-22(27)11-26-19-10-16(18-12-31-15(3)24-18)6-8-21(19)30-14(2)23(26)28/h5-10,12,14H,11H2,1-4H3,(H,25,27). The zero-order chi connectivity index (χ0) is 22.1. The summed E-state index contributed by atoms with van der Waals surface area (Å²) < 4.78 is 11.1. The highest BCUT2D eigenvalue weighted by Gasteiger charge is 2.33. The van der Waals surface area contributed by atoms with Gasteiger partial charge in [0.1, 0.15) is 18.0 Å². The lowest BCUT2D eigenvalue weighted by atomic mass is 10.1. The number of carbonyl (C=O) groups is 2. The van der Waals surface area contributed by atoms with Crippen molar-refractivity contribution in [3.8, 4) is 22.8 Å². The summed E-state index contributed by atoms with van der Waals surface area (Å²) >= 11 is 1.56. The molecule has 2 amide bonds. The predicted octanol–water partition coefficient (Wildman–Crippen LogP) is 4.19. The molecule has 8 heteroatoms. The number of amides is 2. The van der Waals surface area contributed by atoms with Crippen molar-refractivity contribution in [2.75, 3.05) is 23.9 Å². The topological polar surface area (TPSA) is 80.8 Å². The number of benzene rings is 2. The number of methoxy groups -OCH3 is 1. The molecule has 0 spiro atoms. The first kappa shape index (κ1) is 20.9. The normalized spacial score (nSPS) is 15.3. The average molecular weight is 438 g/mol. The molecular formula is C23H23N3O4S. The Labute approximate surface area is 184 Å². The van der Waals surface area contributed by atoms with E-state index < -0.39 is 6.10 Å². The highest BCUT2D eigenvalue weighted by atomic mass is 32.1. The Hall–Kier alpha value is -3.39. The summed E-state index contributed by atoms with van der Waals surface area (Å²) in [6.45, 7) is 5.41. The minimum atomic E-state index is -0.679. The number of thiazole rings is 1. The van der Waals surface area contributed by atoms with E-state index in [-0.39, 0.29) is 18.4 Å². The minimum Gasteiger partial charge on any atom is -0.495 e. The van der Waals surface area contributed by atoms with E-state index in [0.717, 1.165) is 21.8 Å². The van der Waals surface area contributed by atoms with Crippen LogP contribution in [0.4, 0.5) is 11.4 Å². The number of anilines is 2.